The van der Waals surface area contributed by atoms with Gasteiger partial charge in [0.05, 0.1) is 17.4 Å². The third-order valence-corrected chi connectivity index (χ3v) is 5.40. The molecule has 1 fully saturated rings. The molecule has 0 atom stereocenters. The molecule has 6 nitrogen and oxygen atoms in total. The number of hydrogen-bond donors (Lipinski definition) is 3. The molecule has 7 heteroatoms. The zero-order chi connectivity index (χ0) is 19.3. The molecule has 0 aliphatic heterocycles. The summed E-state index contributed by atoms with van der Waals surface area (Å²) in [6.45, 7) is 0. The van der Waals surface area contributed by atoms with Gasteiger partial charge in [-0.2, -0.15) is 4.98 Å². The lowest BCUT2D eigenvalue weighted by Gasteiger charge is -2.27. The quantitative estimate of drug-likeness (QED) is 0.531. The molecule has 3 N–H and O–H groups in total. The Hall–Kier alpha value is -2.51. The second-order valence-electron chi connectivity index (χ2n) is 6.95. The van der Waals surface area contributed by atoms with Crippen LogP contribution in [0.15, 0.2) is 59.3 Å². The lowest BCUT2D eigenvalue weighted by atomic mass is 9.93. The second kappa shape index (κ2) is 8.67. The number of aliphatic hydroxyl groups excluding tert-OH is 1. The Labute approximate surface area is 172 Å². The van der Waals surface area contributed by atoms with Gasteiger partial charge in [-0.3, -0.25) is 4.98 Å². The second-order valence-corrected chi connectivity index (χ2v) is 7.87. The normalized spacial score (nSPS) is 19.2. The van der Waals surface area contributed by atoms with Crippen molar-refractivity contribution in [3.05, 3.63) is 59.3 Å². The molecule has 1 aliphatic carbocycles. The summed E-state index contributed by atoms with van der Waals surface area (Å²) in [5.74, 6) is 1.29. The number of anilines is 3. The Morgan fingerprint density at radius 2 is 1.75 bits per heavy atom. The summed E-state index contributed by atoms with van der Waals surface area (Å²) < 4.78 is 1.02. The van der Waals surface area contributed by atoms with Crippen LogP contribution in [0.2, 0.25) is 0 Å². The van der Waals surface area contributed by atoms with E-state index >= 15 is 0 Å². The van der Waals surface area contributed by atoms with Gasteiger partial charge < -0.3 is 15.7 Å². The Balaban J connectivity index is 1.61. The van der Waals surface area contributed by atoms with Crippen molar-refractivity contribution in [1.29, 1.82) is 0 Å². The molecule has 0 saturated heterocycles. The summed E-state index contributed by atoms with van der Waals surface area (Å²) in [7, 11) is 0. The van der Waals surface area contributed by atoms with Gasteiger partial charge in [0.15, 0.2) is 0 Å². The molecule has 2 heterocycles. The van der Waals surface area contributed by atoms with Crippen LogP contribution in [0, 0.1) is 0 Å². The third kappa shape index (κ3) is 4.66. The third-order valence-electron chi connectivity index (χ3n) is 4.87. The van der Waals surface area contributed by atoms with Gasteiger partial charge in [-0.05, 0) is 62.1 Å². The highest BCUT2D eigenvalue weighted by Gasteiger charge is 2.21. The monoisotopic (exact) mass is 439 g/mol. The SMILES string of the molecule is O[C@H]1CC[C@H](Nc2nc(Nc3ccc(Br)cc3)ncc2-c2ccccn2)CC1. The molecule has 0 amide bonds. The zero-order valence-electron chi connectivity index (χ0n) is 15.3. The lowest BCUT2D eigenvalue weighted by Crippen LogP contribution is -2.29. The van der Waals surface area contributed by atoms with Crippen LogP contribution in [0.5, 0.6) is 0 Å². The molecule has 0 bridgehead atoms. The van der Waals surface area contributed by atoms with Crippen LogP contribution in [-0.2, 0) is 0 Å². The maximum absolute atomic E-state index is 9.78. The molecule has 28 heavy (non-hydrogen) atoms. The molecular formula is C21H22BrN5O. The van der Waals surface area contributed by atoms with E-state index in [1.165, 1.54) is 0 Å². The highest BCUT2D eigenvalue weighted by Crippen LogP contribution is 2.29. The predicted molar refractivity (Wildman–Crippen MR) is 115 cm³/mol. The maximum atomic E-state index is 9.78. The summed E-state index contributed by atoms with van der Waals surface area (Å²) in [6.07, 6.45) is 6.84. The first-order valence-electron chi connectivity index (χ1n) is 9.43. The number of benzene rings is 1. The summed E-state index contributed by atoms with van der Waals surface area (Å²) in [5, 5.41) is 16.6. The molecule has 1 saturated carbocycles. The van der Waals surface area contributed by atoms with Crippen molar-refractivity contribution < 1.29 is 5.11 Å². The van der Waals surface area contributed by atoms with Crippen LogP contribution in [0.1, 0.15) is 25.7 Å². The van der Waals surface area contributed by atoms with Gasteiger partial charge in [0.25, 0.3) is 0 Å². The molecule has 4 rings (SSSR count). The van der Waals surface area contributed by atoms with E-state index in [0.717, 1.165) is 52.9 Å². The van der Waals surface area contributed by atoms with Gasteiger partial charge in [0.2, 0.25) is 5.95 Å². The van der Waals surface area contributed by atoms with E-state index in [1.54, 1.807) is 12.4 Å². The molecule has 3 aromatic rings. The highest BCUT2D eigenvalue weighted by molar-refractivity contribution is 9.10. The Morgan fingerprint density at radius 1 is 0.964 bits per heavy atom. The van der Waals surface area contributed by atoms with E-state index in [4.69, 9.17) is 4.98 Å². The lowest BCUT2D eigenvalue weighted by molar-refractivity contribution is 0.126. The minimum atomic E-state index is -0.187. The fourth-order valence-corrected chi connectivity index (χ4v) is 3.60. The van der Waals surface area contributed by atoms with E-state index in [9.17, 15) is 5.11 Å². The first-order chi connectivity index (χ1) is 13.7. The predicted octanol–water partition coefficient (Wildman–Crippen LogP) is 4.76. The van der Waals surface area contributed by atoms with E-state index < -0.39 is 0 Å². The van der Waals surface area contributed by atoms with Gasteiger partial charge in [-0.25, -0.2) is 4.98 Å². The fourth-order valence-electron chi connectivity index (χ4n) is 3.34. The van der Waals surface area contributed by atoms with Crippen molar-refractivity contribution in [2.75, 3.05) is 10.6 Å². The van der Waals surface area contributed by atoms with Crippen LogP contribution in [0.25, 0.3) is 11.3 Å². The van der Waals surface area contributed by atoms with Gasteiger partial charge in [-0.1, -0.05) is 22.0 Å². The molecule has 0 unspecified atom stereocenters. The topological polar surface area (TPSA) is 83.0 Å². The number of nitrogens with one attached hydrogen (secondary N) is 2. The van der Waals surface area contributed by atoms with E-state index in [1.807, 2.05) is 42.5 Å². The van der Waals surface area contributed by atoms with Crippen molar-refractivity contribution in [3.8, 4) is 11.3 Å². The van der Waals surface area contributed by atoms with Crippen LogP contribution in [0.3, 0.4) is 0 Å². The Kier molecular flexibility index (Phi) is 5.83. The summed E-state index contributed by atoms with van der Waals surface area (Å²) in [6, 6.07) is 14.0. The minimum absolute atomic E-state index is 0.187. The summed E-state index contributed by atoms with van der Waals surface area (Å²) in [4.78, 5) is 13.7. The van der Waals surface area contributed by atoms with Crippen molar-refractivity contribution in [2.45, 2.75) is 37.8 Å². The fraction of sp³-hybridized carbons (Fsp3) is 0.286. The van der Waals surface area contributed by atoms with E-state index in [-0.39, 0.29) is 12.1 Å². The number of nitrogens with zero attached hydrogens (tertiary/aromatic N) is 3. The summed E-state index contributed by atoms with van der Waals surface area (Å²) >= 11 is 3.44. The first-order valence-corrected chi connectivity index (χ1v) is 10.2. The molecule has 2 aromatic heterocycles. The average Bonchev–Trinajstić information content (AvgIpc) is 2.72. The molecule has 0 spiro atoms. The van der Waals surface area contributed by atoms with Gasteiger partial charge in [0.1, 0.15) is 5.82 Å². The Morgan fingerprint density at radius 3 is 2.46 bits per heavy atom. The number of pyridine rings is 1. The average molecular weight is 440 g/mol. The minimum Gasteiger partial charge on any atom is -0.393 e. The standard InChI is InChI=1S/C21H22BrN5O/c22-14-4-6-16(7-5-14)26-21-24-13-18(19-3-1-2-12-23-19)20(27-21)25-15-8-10-17(28)11-9-15/h1-7,12-13,15,17,28H,8-11H2,(H2,24,25,26,27)/t15-,17-. The largest absolute Gasteiger partial charge is 0.393 e. The van der Waals surface area contributed by atoms with Gasteiger partial charge in [-0.15, -0.1) is 0 Å². The molecular weight excluding hydrogens is 418 g/mol. The van der Waals surface area contributed by atoms with Crippen molar-refractivity contribution >= 4 is 33.4 Å². The van der Waals surface area contributed by atoms with Gasteiger partial charge in [0, 0.05) is 28.6 Å². The molecule has 0 radical (unpaired) electrons. The number of hydrogen-bond acceptors (Lipinski definition) is 6. The van der Waals surface area contributed by atoms with Gasteiger partial charge >= 0.3 is 0 Å². The molecule has 144 valence electrons. The molecule has 1 aliphatic rings. The Bertz CT molecular complexity index is 912. The summed E-state index contributed by atoms with van der Waals surface area (Å²) in [5.41, 5.74) is 2.62. The van der Waals surface area contributed by atoms with Crippen molar-refractivity contribution in [3.63, 3.8) is 0 Å². The number of rotatable bonds is 5. The smallest absolute Gasteiger partial charge is 0.229 e. The first kappa shape index (κ1) is 18.8. The van der Waals surface area contributed by atoms with Crippen LogP contribution in [0.4, 0.5) is 17.5 Å². The maximum Gasteiger partial charge on any atom is 0.229 e. The number of aliphatic hydroxyl groups is 1. The van der Waals surface area contributed by atoms with E-state index in [2.05, 4.69) is 36.5 Å². The van der Waals surface area contributed by atoms with Crippen molar-refractivity contribution in [2.24, 2.45) is 0 Å². The zero-order valence-corrected chi connectivity index (χ0v) is 16.9. The highest BCUT2D eigenvalue weighted by atomic mass is 79.9. The van der Waals surface area contributed by atoms with Crippen LogP contribution < -0.4 is 10.6 Å². The van der Waals surface area contributed by atoms with Crippen LogP contribution >= 0.6 is 15.9 Å². The number of aromatic nitrogens is 3. The van der Waals surface area contributed by atoms with Crippen LogP contribution in [-0.4, -0.2) is 32.2 Å². The molecule has 1 aromatic carbocycles. The van der Waals surface area contributed by atoms with Crippen molar-refractivity contribution in [1.82, 2.24) is 15.0 Å². The van der Waals surface area contributed by atoms with E-state index in [0.29, 0.717) is 5.95 Å². The number of halogens is 1.